The number of aryl methyl sites for hydroxylation is 1. The van der Waals surface area contributed by atoms with Gasteiger partial charge in [0.25, 0.3) is 0 Å². The maximum absolute atomic E-state index is 4.91. The smallest absolute Gasteiger partial charge is 0.193 e. The molecule has 0 saturated carbocycles. The van der Waals surface area contributed by atoms with Crippen molar-refractivity contribution in [2.75, 3.05) is 0 Å². The fourth-order valence-corrected chi connectivity index (χ4v) is 2.40. The highest BCUT2D eigenvalue weighted by molar-refractivity contribution is 5.29. The Bertz CT molecular complexity index is 345. The highest BCUT2D eigenvalue weighted by atomic mass is 17.4. The lowest BCUT2D eigenvalue weighted by Crippen LogP contribution is -1.93. The zero-order valence-corrected chi connectivity index (χ0v) is 11.4. The molecule has 2 rings (SSSR count). The SMILES string of the molecule is CCCCCCCCCc1ccccc1C1OO1. The van der Waals surface area contributed by atoms with E-state index in [1.54, 1.807) is 0 Å². The standard InChI is InChI=1S/C16H24O2/c1-2-3-4-5-6-7-8-11-14-12-9-10-13-15(14)16-17-18-16/h9-10,12-13,16H,2-8,11H2,1H3. The van der Waals surface area contributed by atoms with Gasteiger partial charge in [-0.3, -0.25) is 0 Å². The van der Waals surface area contributed by atoms with Crippen LogP contribution in [0.15, 0.2) is 24.3 Å². The van der Waals surface area contributed by atoms with E-state index in [1.807, 2.05) is 0 Å². The molecule has 0 aliphatic carbocycles. The third kappa shape index (κ3) is 4.43. The number of unbranched alkanes of at least 4 members (excludes halogenated alkanes) is 6. The largest absolute Gasteiger partial charge is 0.250 e. The molecule has 2 heteroatoms. The Balaban J connectivity index is 1.64. The molecule has 1 fully saturated rings. The fourth-order valence-electron chi connectivity index (χ4n) is 2.40. The first-order valence-electron chi connectivity index (χ1n) is 7.31. The van der Waals surface area contributed by atoms with Crippen molar-refractivity contribution < 1.29 is 9.78 Å². The molecule has 1 aromatic rings. The summed E-state index contributed by atoms with van der Waals surface area (Å²) >= 11 is 0. The van der Waals surface area contributed by atoms with Crippen LogP contribution in [0.3, 0.4) is 0 Å². The van der Waals surface area contributed by atoms with Gasteiger partial charge in [0.05, 0.1) is 0 Å². The van der Waals surface area contributed by atoms with Gasteiger partial charge in [0.1, 0.15) is 0 Å². The Kier molecular flexibility index (Phi) is 5.69. The topological polar surface area (TPSA) is 25.1 Å². The molecule has 0 radical (unpaired) electrons. The van der Waals surface area contributed by atoms with Gasteiger partial charge in [0, 0.05) is 5.56 Å². The summed E-state index contributed by atoms with van der Waals surface area (Å²) in [7, 11) is 0. The maximum Gasteiger partial charge on any atom is 0.250 e. The lowest BCUT2D eigenvalue weighted by Gasteiger charge is -2.05. The van der Waals surface area contributed by atoms with Crippen LogP contribution in [-0.2, 0) is 16.2 Å². The molecule has 1 heterocycles. The summed E-state index contributed by atoms with van der Waals surface area (Å²) in [6, 6.07) is 8.45. The van der Waals surface area contributed by atoms with E-state index in [9.17, 15) is 0 Å². The van der Waals surface area contributed by atoms with Crippen molar-refractivity contribution in [1.29, 1.82) is 0 Å². The number of hydrogen-bond donors (Lipinski definition) is 0. The van der Waals surface area contributed by atoms with Crippen molar-refractivity contribution in [2.45, 2.75) is 64.6 Å². The summed E-state index contributed by atoms with van der Waals surface area (Å²) in [6.45, 7) is 2.26. The van der Waals surface area contributed by atoms with Crippen molar-refractivity contribution in [3.63, 3.8) is 0 Å². The quantitative estimate of drug-likeness (QED) is 0.351. The molecule has 0 unspecified atom stereocenters. The Morgan fingerprint density at radius 3 is 2.28 bits per heavy atom. The molecule has 1 aliphatic rings. The molecule has 2 nitrogen and oxygen atoms in total. The number of rotatable bonds is 9. The minimum Gasteiger partial charge on any atom is -0.193 e. The third-order valence-corrected chi connectivity index (χ3v) is 3.55. The molecule has 0 atom stereocenters. The van der Waals surface area contributed by atoms with E-state index in [0.29, 0.717) is 0 Å². The van der Waals surface area contributed by atoms with Crippen LogP contribution in [0.2, 0.25) is 0 Å². The van der Waals surface area contributed by atoms with Gasteiger partial charge in [-0.05, 0) is 18.4 Å². The van der Waals surface area contributed by atoms with Crippen molar-refractivity contribution in [3.8, 4) is 0 Å². The van der Waals surface area contributed by atoms with Crippen LogP contribution in [0.1, 0.15) is 69.3 Å². The second-order valence-corrected chi connectivity index (χ2v) is 5.09. The first-order valence-corrected chi connectivity index (χ1v) is 7.31. The number of hydrogen-bond acceptors (Lipinski definition) is 2. The lowest BCUT2D eigenvalue weighted by molar-refractivity contribution is 0.0850. The predicted molar refractivity (Wildman–Crippen MR) is 73.1 cm³/mol. The number of benzene rings is 1. The minimum atomic E-state index is -0.0919. The Morgan fingerprint density at radius 1 is 0.889 bits per heavy atom. The van der Waals surface area contributed by atoms with Gasteiger partial charge >= 0.3 is 0 Å². The van der Waals surface area contributed by atoms with Gasteiger partial charge < -0.3 is 0 Å². The highest BCUT2D eigenvalue weighted by Crippen LogP contribution is 2.34. The van der Waals surface area contributed by atoms with E-state index in [0.717, 1.165) is 6.42 Å². The Hall–Kier alpha value is -0.860. The van der Waals surface area contributed by atoms with Crippen molar-refractivity contribution in [1.82, 2.24) is 0 Å². The van der Waals surface area contributed by atoms with Gasteiger partial charge in [0.2, 0.25) is 6.29 Å². The average Bonchev–Trinajstić information content (AvgIpc) is 3.22. The van der Waals surface area contributed by atoms with Gasteiger partial charge in [-0.15, -0.1) is 0 Å². The average molecular weight is 248 g/mol. The normalized spacial score (nSPS) is 14.9. The monoisotopic (exact) mass is 248 g/mol. The summed E-state index contributed by atoms with van der Waals surface area (Å²) < 4.78 is 0. The van der Waals surface area contributed by atoms with E-state index >= 15 is 0 Å². The van der Waals surface area contributed by atoms with E-state index in [1.165, 1.54) is 56.1 Å². The van der Waals surface area contributed by atoms with Crippen LogP contribution in [0.5, 0.6) is 0 Å². The van der Waals surface area contributed by atoms with Crippen LogP contribution in [-0.4, -0.2) is 0 Å². The van der Waals surface area contributed by atoms with E-state index < -0.39 is 0 Å². The molecular formula is C16H24O2. The Labute approximate surface area is 110 Å². The van der Waals surface area contributed by atoms with Crippen molar-refractivity contribution >= 4 is 0 Å². The maximum atomic E-state index is 4.91. The molecule has 100 valence electrons. The predicted octanol–water partition coefficient (Wildman–Crippen LogP) is 4.94. The van der Waals surface area contributed by atoms with Crippen LogP contribution >= 0.6 is 0 Å². The van der Waals surface area contributed by atoms with Gasteiger partial charge in [-0.2, -0.15) is 9.78 Å². The van der Waals surface area contributed by atoms with Crippen molar-refractivity contribution in [2.24, 2.45) is 0 Å². The molecule has 18 heavy (non-hydrogen) atoms. The van der Waals surface area contributed by atoms with Crippen LogP contribution in [0, 0.1) is 0 Å². The molecule has 0 spiro atoms. The van der Waals surface area contributed by atoms with E-state index in [4.69, 9.17) is 9.78 Å². The summed E-state index contributed by atoms with van der Waals surface area (Å²) in [5, 5.41) is 0. The second kappa shape index (κ2) is 7.55. The molecule has 0 bridgehead atoms. The minimum absolute atomic E-state index is 0.0919. The van der Waals surface area contributed by atoms with Crippen LogP contribution < -0.4 is 0 Å². The lowest BCUT2D eigenvalue weighted by atomic mass is 10.0. The first kappa shape index (κ1) is 13.6. The molecule has 1 saturated heterocycles. The summed E-state index contributed by atoms with van der Waals surface area (Å²) in [5.41, 5.74) is 2.59. The van der Waals surface area contributed by atoms with Gasteiger partial charge in [-0.25, -0.2) is 0 Å². The molecule has 1 aliphatic heterocycles. The van der Waals surface area contributed by atoms with Gasteiger partial charge in [-0.1, -0.05) is 69.7 Å². The summed E-state index contributed by atoms with van der Waals surface area (Å²) in [5.74, 6) is 0. The van der Waals surface area contributed by atoms with Crippen LogP contribution in [0.25, 0.3) is 0 Å². The van der Waals surface area contributed by atoms with Gasteiger partial charge in [0.15, 0.2) is 0 Å². The first-order chi connectivity index (χ1) is 8.92. The molecule has 1 aromatic carbocycles. The van der Waals surface area contributed by atoms with Crippen LogP contribution in [0.4, 0.5) is 0 Å². The molecule has 0 amide bonds. The van der Waals surface area contributed by atoms with E-state index in [2.05, 4.69) is 31.2 Å². The zero-order valence-electron chi connectivity index (χ0n) is 11.4. The van der Waals surface area contributed by atoms with E-state index in [-0.39, 0.29) is 6.29 Å². The van der Waals surface area contributed by atoms with Crippen molar-refractivity contribution in [3.05, 3.63) is 35.4 Å². The molecule has 0 N–H and O–H groups in total. The Morgan fingerprint density at radius 2 is 1.56 bits per heavy atom. The molecular weight excluding hydrogens is 224 g/mol. The summed E-state index contributed by atoms with van der Waals surface area (Å²) in [4.78, 5) is 9.81. The third-order valence-electron chi connectivity index (χ3n) is 3.55. The zero-order chi connectivity index (χ0) is 12.6. The fraction of sp³-hybridized carbons (Fsp3) is 0.625. The summed E-state index contributed by atoms with van der Waals surface area (Å²) in [6.07, 6.45) is 10.5. The highest BCUT2D eigenvalue weighted by Gasteiger charge is 2.29. The molecule has 0 aromatic heterocycles. The second-order valence-electron chi connectivity index (χ2n) is 5.09.